The molecular formula is C30H26FN5O2. The highest BCUT2D eigenvalue weighted by Crippen LogP contribution is 2.38. The first kappa shape index (κ1) is 23.7. The summed E-state index contributed by atoms with van der Waals surface area (Å²) in [6.45, 7) is 2.31. The van der Waals surface area contributed by atoms with Gasteiger partial charge in [0, 0.05) is 43.5 Å². The Morgan fingerprint density at radius 2 is 1.58 bits per heavy atom. The third-order valence-corrected chi connectivity index (χ3v) is 6.95. The topological polar surface area (TPSA) is 63.5 Å². The Morgan fingerprint density at radius 3 is 2.32 bits per heavy atom. The number of hydrogen-bond donors (Lipinski definition) is 0. The number of hydrogen-bond acceptors (Lipinski definition) is 5. The molecule has 1 amide bonds. The summed E-state index contributed by atoms with van der Waals surface area (Å²) in [6.07, 6.45) is 3.68. The third-order valence-electron chi connectivity index (χ3n) is 6.95. The number of carbonyl (C=O) groups is 1. The lowest BCUT2D eigenvalue weighted by atomic mass is 10.1. The Labute approximate surface area is 219 Å². The molecular weight excluding hydrogens is 481 g/mol. The molecule has 1 fully saturated rings. The first-order chi connectivity index (χ1) is 18.6. The van der Waals surface area contributed by atoms with Gasteiger partial charge in [-0.05, 0) is 42.0 Å². The molecule has 0 spiro atoms. The predicted molar refractivity (Wildman–Crippen MR) is 145 cm³/mol. The zero-order valence-electron chi connectivity index (χ0n) is 20.9. The van der Waals surface area contributed by atoms with Crippen molar-refractivity contribution in [1.82, 2.24) is 19.4 Å². The van der Waals surface area contributed by atoms with Gasteiger partial charge >= 0.3 is 0 Å². The van der Waals surface area contributed by atoms with E-state index >= 15 is 0 Å². The highest BCUT2D eigenvalue weighted by molar-refractivity contribution is 6.02. The molecule has 2 aromatic heterocycles. The number of anilines is 1. The number of nitrogens with zero attached hydrogens (tertiary/aromatic N) is 5. The average molecular weight is 508 g/mol. The molecule has 3 aromatic carbocycles. The third kappa shape index (κ3) is 4.24. The van der Waals surface area contributed by atoms with Gasteiger partial charge in [0.2, 0.25) is 0 Å². The molecule has 0 aliphatic carbocycles. The molecule has 7 nitrogen and oxygen atoms in total. The lowest BCUT2D eigenvalue weighted by Gasteiger charge is -2.35. The smallest absolute Gasteiger partial charge is 0.253 e. The number of para-hydroxylation sites is 2. The zero-order valence-corrected chi connectivity index (χ0v) is 20.9. The molecule has 3 heterocycles. The van der Waals surface area contributed by atoms with E-state index in [0.29, 0.717) is 31.7 Å². The largest absolute Gasteiger partial charge is 0.495 e. The Balaban J connectivity index is 1.39. The number of methoxy groups -OCH3 is 1. The van der Waals surface area contributed by atoms with Crippen LogP contribution >= 0.6 is 0 Å². The fourth-order valence-electron chi connectivity index (χ4n) is 5.03. The van der Waals surface area contributed by atoms with E-state index in [1.165, 1.54) is 24.3 Å². The van der Waals surface area contributed by atoms with E-state index < -0.39 is 0 Å². The number of rotatable bonds is 5. The maximum atomic E-state index is 13.3. The number of fused-ring (bicyclic) bond motifs is 1. The van der Waals surface area contributed by atoms with Gasteiger partial charge in [-0.1, -0.05) is 42.5 Å². The van der Waals surface area contributed by atoms with Crippen LogP contribution in [0.3, 0.4) is 0 Å². The normalized spacial score (nSPS) is 13.6. The second-order valence-electron chi connectivity index (χ2n) is 9.13. The second-order valence-corrected chi connectivity index (χ2v) is 9.13. The molecule has 38 heavy (non-hydrogen) atoms. The Bertz CT molecular complexity index is 1590. The summed E-state index contributed by atoms with van der Waals surface area (Å²) >= 11 is 0. The van der Waals surface area contributed by atoms with E-state index in [-0.39, 0.29) is 11.7 Å². The summed E-state index contributed by atoms with van der Waals surface area (Å²) in [5.41, 5.74) is 4.24. The van der Waals surface area contributed by atoms with E-state index in [0.717, 1.165) is 39.4 Å². The summed E-state index contributed by atoms with van der Waals surface area (Å²) in [4.78, 5) is 26.4. The van der Waals surface area contributed by atoms with Crippen molar-refractivity contribution < 1.29 is 13.9 Å². The first-order valence-electron chi connectivity index (χ1n) is 12.5. The molecule has 0 radical (unpaired) electrons. The van der Waals surface area contributed by atoms with Gasteiger partial charge in [0.25, 0.3) is 5.91 Å². The number of carbonyl (C=O) groups excluding carboxylic acids is 1. The van der Waals surface area contributed by atoms with Crippen molar-refractivity contribution in [2.45, 2.75) is 0 Å². The molecule has 0 atom stereocenters. The van der Waals surface area contributed by atoms with Crippen molar-refractivity contribution in [2.75, 3.05) is 38.2 Å². The molecule has 0 saturated carbocycles. The Morgan fingerprint density at radius 1 is 0.868 bits per heavy atom. The molecule has 1 aliphatic heterocycles. The summed E-state index contributed by atoms with van der Waals surface area (Å²) in [5.74, 6) is 1.13. The van der Waals surface area contributed by atoms with Crippen LogP contribution in [0.2, 0.25) is 0 Å². The highest BCUT2D eigenvalue weighted by Gasteiger charge is 2.27. The minimum atomic E-state index is -0.353. The van der Waals surface area contributed by atoms with Gasteiger partial charge < -0.3 is 14.5 Å². The van der Waals surface area contributed by atoms with E-state index in [1.54, 1.807) is 18.3 Å². The molecule has 190 valence electrons. The number of piperazine rings is 1. The van der Waals surface area contributed by atoms with E-state index in [1.807, 2.05) is 42.5 Å². The molecule has 0 N–H and O–H groups in total. The van der Waals surface area contributed by atoms with E-state index in [2.05, 4.69) is 27.8 Å². The zero-order chi connectivity index (χ0) is 26.1. The first-order valence-corrected chi connectivity index (χ1v) is 12.5. The standard InChI is InChI=1S/C30H26FN5O2/c1-38-26-10-6-5-9-25(26)36-19-24(21-7-3-2-4-8-21)27-28(32-20-33-29(27)36)34-15-17-35(18-16-34)30(37)22-11-13-23(31)14-12-22/h2-14,19-20H,15-18H2,1H3. The maximum absolute atomic E-state index is 13.3. The summed E-state index contributed by atoms with van der Waals surface area (Å²) < 4.78 is 21.0. The molecule has 0 bridgehead atoms. The van der Waals surface area contributed by atoms with Crippen LogP contribution in [0, 0.1) is 5.82 Å². The molecule has 0 unspecified atom stereocenters. The summed E-state index contributed by atoms with van der Waals surface area (Å²) in [5, 5.41) is 0.947. The van der Waals surface area contributed by atoms with Crippen LogP contribution in [0.25, 0.3) is 27.8 Å². The highest BCUT2D eigenvalue weighted by atomic mass is 19.1. The fourth-order valence-corrected chi connectivity index (χ4v) is 5.03. The van der Waals surface area contributed by atoms with Crippen molar-refractivity contribution in [2.24, 2.45) is 0 Å². The van der Waals surface area contributed by atoms with Crippen LogP contribution < -0.4 is 9.64 Å². The van der Waals surface area contributed by atoms with E-state index in [9.17, 15) is 9.18 Å². The van der Waals surface area contributed by atoms with Crippen LogP contribution in [0.5, 0.6) is 5.75 Å². The number of aromatic nitrogens is 3. The van der Waals surface area contributed by atoms with Crippen LogP contribution in [0.4, 0.5) is 10.2 Å². The quantitative estimate of drug-likeness (QED) is 0.327. The molecule has 5 aromatic rings. The SMILES string of the molecule is COc1ccccc1-n1cc(-c2ccccc2)c2c(N3CCN(C(=O)c4ccc(F)cc4)CC3)ncnc21. The minimum absolute atomic E-state index is 0.0928. The average Bonchev–Trinajstić information content (AvgIpc) is 3.37. The molecule has 6 rings (SSSR count). The number of amides is 1. The lowest BCUT2D eigenvalue weighted by molar-refractivity contribution is 0.0746. The van der Waals surface area contributed by atoms with Gasteiger partial charge in [-0.3, -0.25) is 9.36 Å². The monoisotopic (exact) mass is 507 g/mol. The maximum Gasteiger partial charge on any atom is 0.253 e. The molecule has 1 saturated heterocycles. The van der Waals surface area contributed by atoms with Crippen LogP contribution in [0.15, 0.2) is 91.4 Å². The number of benzene rings is 3. The summed E-state index contributed by atoms with van der Waals surface area (Å²) in [6, 6.07) is 23.8. The van der Waals surface area contributed by atoms with Gasteiger partial charge in [0.1, 0.15) is 23.7 Å². The van der Waals surface area contributed by atoms with Crippen molar-refractivity contribution in [3.8, 4) is 22.6 Å². The molecule has 1 aliphatic rings. The van der Waals surface area contributed by atoms with Crippen LogP contribution in [0.1, 0.15) is 10.4 Å². The number of halogens is 1. The van der Waals surface area contributed by atoms with Crippen molar-refractivity contribution in [1.29, 1.82) is 0 Å². The van der Waals surface area contributed by atoms with Gasteiger partial charge in [-0.25, -0.2) is 14.4 Å². The Kier molecular flexibility index (Phi) is 6.21. The number of ether oxygens (including phenoxy) is 1. The second kappa shape index (κ2) is 9.97. The minimum Gasteiger partial charge on any atom is -0.495 e. The Hall–Kier alpha value is -4.72. The van der Waals surface area contributed by atoms with Gasteiger partial charge in [0.05, 0.1) is 18.2 Å². The van der Waals surface area contributed by atoms with E-state index in [4.69, 9.17) is 14.7 Å². The summed E-state index contributed by atoms with van der Waals surface area (Å²) in [7, 11) is 1.66. The van der Waals surface area contributed by atoms with Crippen LogP contribution in [-0.4, -0.2) is 58.6 Å². The van der Waals surface area contributed by atoms with Crippen molar-refractivity contribution in [3.63, 3.8) is 0 Å². The van der Waals surface area contributed by atoms with Crippen molar-refractivity contribution in [3.05, 3.63) is 103 Å². The lowest BCUT2D eigenvalue weighted by Crippen LogP contribution is -2.49. The fraction of sp³-hybridized carbons (Fsp3) is 0.167. The van der Waals surface area contributed by atoms with Gasteiger partial charge in [-0.2, -0.15) is 0 Å². The predicted octanol–water partition coefficient (Wildman–Crippen LogP) is 5.20. The molecule has 8 heteroatoms. The van der Waals surface area contributed by atoms with Gasteiger partial charge in [-0.15, -0.1) is 0 Å². The van der Waals surface area contributed by atoms with Gasteiger partial charge in [0.15, 0.2) is 5.65 Å². The van der Waals surface area contributed by atoms with Crippen LogP contribution in [-0.2, 0) is 0 Å². The van der Waals surface area contributed by atoms with Crippen molar-refractivity contribution >= 4 is 22.8 Å².